The number of amides is 1. The first-order valence-electron chi connectivity index (χ1n) is 8.94. The summed E-state index contributed by atoms with van der Waals surface area (Å²) in [5.41, 5.74) is 1.73. The predicted molar refractivity (Wildman–Crippen MR) is 102 cm³/mol. The highest BCUT2D eigenvalue weighted by atomic mass is 32.1. The Kier molecular flexibility index (Phi) is 5.81. The molecule has 1 atom stereocenters. The number of aromatic nitrogens is 2. The molecule has 2 aromatic rings. The first-order valence-corrected chi connectivity index (χ1v) is 9.75. The van der Waals surface area contributed by atoms with Gasteiger partial charge in [0.15, 0.2) is 0 Å². The Morgan fingerprint density at radius 1 is 1.44 bits per heavy atom. The number of thiazole rings is 1. The zero-order valence-corrected chi connectivity index (χ0v) is 16.0. The van der Waals surface area contributed by atoms with E-state index in [0.29, 0.717) is 4.88 Å². The summed E-state index contributed by atoms with van der Waals surface area (Å²) in [5, 5.41) is 3.98. The number of aryl methyl sites for hydroxylation is 1. The van der Waals surface area contributed by atoms with E-state index < -0.39 is 0 Å². The lowest BCUT2D eigenvalue weighted by molar-refractivity contribution is 0.0925. The molecule has 0 spiro atoms. The van der Waals surface area contributed by atoms with Crippen LogP contribution in [0.2, 0.25) is 0 Å². The summed E-state index contributed by atoms with van der Waals surface area (Å²) in [4.78, 5) is 24.4. The summed E-state index contributed by atoms with van der Waals surface area (Å²) in [6.07, 6.45) is 6.02. The highest BCUT2D eigenvalue weighted by molar-refractivity contribution is 7.17. The Morgan fingerprint density at radius 2 is 2.20 bits per heavy atom. The molecule has 1 N–H and O–H groups in total. The molecular weight excluding hydrogens is 332 g/mol. The second-order valence-corrected chi connectivity index (χ2v) is 8.03. The summed E-state index contributed by atoms with van der Waals surface area (Å²) in [6, 6.07) is 3.98. The third-order valence-corrected chi connectivity index (χ3v) is 5.90. The molecule has 0 saturated carbocycles. The molecule has 5 nitrogen and oxygen atoms in total. The molecule has 25 heavy (non-hydrogen) atoms. The van der Waals surface area contributed by atoms with Gasteiger partial charge in [0.05, 0.1) is 5.69 Å². The van der Waals surface area contributed by atoms with E-state index >= 15 is 0 Å². The van der Waals surface area contributed by atoms with E-state index in [1.165, 1.54) is 24.2 Å². The topological polar surface area (TPSA) is 58.1 Å². The quantitative estimate of drug-likeness (QED) is 0.890. The standard InChI is InChI=1S/C19H26N4OS/c1-13-6-9-23(10-7-13)12-14(2)21-18(24)17-15(3)22-19(25-17)16-5-4-8-20-11-16/h4-5,8,11,13-14H,6-7,9-10,12H2,1-3H3,(H,21,24). The van der Waals surface area contributed by atoms with E-state index in [2.05, 4.69) is 34.0 Å². The molecule has 1 amide bonds. The zero-order valence-electron chi connectivity index (χ0n) is 15.2. The first kappa shape index (κ1) is 18.0. The van der Waals surface area contributed by atoms with E-state index in [9.17, 15) is 4.79 Å². The van der Waals surface area contributed by atoms with Gasteiger partial charge < -0.3 is 10.2 Å². The number of nitrogens with zero attached hydrogens (tertiary/aromatic N) is 3. The van der Waals surface area contributed by atoms with Crippen LogP contribution in [0, 0.1) is 12.8 Å². The van der Waals surface area contributed by atoms with E-state index in [1.54, 1.807) is 12.4 Å². The zero-order chi connectivity index (χ0) is 17.8. The van der Waals surface area contributed by atoms with Gasteiger partial charge in [-0.1, -0.05) is 6.92 Å². The molecule has 134 valence electrons. The van der Waals surface area contributed by atoms with E-state index in [4.69, 9.17) is 0 Å². The summed E-state index contributed by atoms with van der Waals surface area (Å²) in [7, 11) is 0. The van der Waals surface area contributed by atoms with Gasteiger partial charge >= 0.3 is 0 Å². The molecule has 0 bridgehead atoms. The largest absolute Gasteiger partial charge is 0.348 e. The number of rotatable bonds is 5. The Morgan fingerprint density at radius 3 is 2.88 bits per heavy atom. The van der Waals surface area contributed by atoms with Crippen molar-refractivity contribution in [3.05, 3.63) is 35.1 Å². The molecule has 6 heteroatoms. The molecule has 1 saturated heterocycles. The van der Waals surface area contributed by atoms with Crippen molar-refractivity contribution in [3.63, 3.8) is 0 Å². The average molecular weight is 359 g/mol. The maximum absolute atomic E-state index is 12.6. The van der Waals surface area contributed by atoms with Crippen LogP contribution in [0.1, 0.15) is 42.1 Å². The van der Waals surface area contributed by atoms with Gasteiger partial charge in [-0.2, -0.15) is 0 Å². The summed E-state index contributed by atoms with van der Waals surface area (Å²) < 4.78 is 0. The monoisotopic (exact) mass is 358 g/mol. The van der Waals surface area contributed by atoms with Crippen LogP contribution in [0.15, 0.2) is 24.5 Å². The third-order valence-electron chi connectivity index (χ3n) is 4.70. The Hall–Kier alpha value is -1.79. The minimum Gasteiger partial charge on any atom is -0.348 e. The minimum atomic E-state index is -0.0250. The van der Waals surface area contributed by atoms with Crippen molar-refractivity contribution < 1.29 is 4.79 Å². The maximum Gasteiger partial charge on any atom is 0.263 e. The van der Waals surface area contributed by atoms with E-state index in [0.717, 1.165) is 41.8 Å². The second kappa shape index (κ2) is 8.06. The molecule has 0 radical (unpaired) electrons. The van der Waals surface area contributed by atoms with Gasteiger partial charge in [0.1, 0.15) is 9.88 Å². The average Bonchev–Trinajstić information content (AvgIpc) is 3.00. The Bertz CT molecular complexity index is 707. The van der Waals surface area contributed by atoms with Gasteiger partial charge in [0.2, 0.25) is 0 Å². The van der Waals surface area contributed by atoms with Gasteiger partial charge in [-0.05, 0) is 57.8 Å². The molecule has 3 heterocycles. The molecule has 1 aliphatic rings. The van der Waals surface area contributed by atoms with Crippen LogP contribution in [-0.4, -0.2) is 46.5 Å². The number of likely N-dealkylation sites (tertiary alicyclic amines) is 1. The summed E-state index contributed by atoms with van der Waals surface area (Å²) in [6.45, 7) is 9.45. The lowest BCUT2D eigenvalue weighted by Crippen LogP contribution is -2.44. The molecule has 1 unspecified atom stereocenters. The van der Waals surface area contributed by atoms with Crippen molar-refractivity contribution in [3.8, 4) is 10.6 Å². The molecule has 3 rings (SSSR count). The maximum atomic E-state index is 12.6. The fourth-order valence-corrected chi connectivity index (χ4v) is 4.15. The van der Waals surface area contributed by atoms with Crippen LogP contribution in [0.5, 0.6) is 0 Å². The van der Waals surface area contributed by atoms with Crippen LogP contribution < -0.4 is 5.32 Å². The van der Waals surface area contributed by atoms with E-state index in [1.807, 2.05) is 19.1 Å². The van der Waals surface area contributed by atoms with Gasteiger partial charge in [-0.25, -0.2) is 4.98 Å². The number of hydrogen-bond acceptors (Lipinski definition) is 5. The SMILES string of the molecule is Cc1nc(-c2cccnc2)sc1C(=O)NC(C)CN1CCC(C)CC1. The van der Waals surface area contributed by atoms with Crippen molar-refractivity contribution in [1.29, 1.82) is 0 Å². The van der Waals surface area contributed by atoms with Gasteiger partial charge in [0, 0.05) is 30.5 Å². The lowest BCUT2D eigenvalue weighted by atomic mass is 9.99. The highest BCUT2D eigenvalue weighted by Gasteiger charge is 2.21. The van der Waals surface area contributed by atoms with Crippen molar-refractivity contribution in [2.45, 2.75) is 39.7 Å². The molecule has 1 aliphatic heterocycles. The first-order chi connectivity index (χ1) is 12.0. The van der Waals surface area contributed by atoms with Gasteiger partial charge in [-0.3, -0.25) is 9.78 Å². The van der Waals surface area contributed by atoms with Gasteiger partial charge in [0.25, 0.3) is 5.91 Å². The lowest BCUT2D eigenvalue weighted by Gasteiger charge is -2.32. The fourth-order valence-electron chi connectivity index (χ4n) is 3.19. The van der Waals surface area contributed by atoms with Crippen molar-refractivity contribution >= 4 is 17.2 Å². The number of hydrogen-bond donors (Lipinski definition) is 1. The molecule has 0 aromatic carbocycles. The summed E-state index contributed by atoms with van der Waals surface area (Å²) in [5.74, 6) is 0.801. The van der Waals surface area contributed by atoms with Crippen molar-refractivity contribution in [2.24, 2.45) is 5.92 Å². The van der Waals surface area contributed by atoms with Crippen LogP contribution in [0.3, 0.4) is 0 Å². The van der Waals surface area contributed by atoms with Crippen LogP contribution in [0.4, 0.5) is 0 Å². The predicted octanol–water partition coefficient (Wildman–Crippen LogP) is 3.36. The molecule has 2 aromatic heterocycles. The number of pyridine rings is 1. The van der Waals surface area contributed by atoms with Crippen LogP contribution in [-0.2, 0) is 0 Å². The molecule has 1 fully saturated rings. The highest BCUT2D eigenvalue weighted by Crippen LogP contribution is 2.27. The van der Waals surface area contributed by atoms with Gasteiger partial charge in [-0.15, -0.1) is 11.3 Å². The number of nitrogens with one attached hydrogen (secondary N) is 1. The number of piperidine rings is 1. The smallest absolute Gasteiger partial charge is 0.263 e. The normalized spacial score (nSPS) is 17.4. The third kappa shape index (κ3) is 4.64. The summed E-state index contributed by atoms with van der Waals surface area (Å²) >= 11 is 1.43. The Balaban J connectivity index is 1.60. The fraction of sp³-hybridized carbons (Fsp3) is 0.526. The van der Waals surface area contributed by atoms with Crippen molar-refractivity contribution in [1.82, 2.24) is 20.2 Å². The minimum absolute atomic E-state index is 0.0250. The van der Waals surface area contributed by atoms with Crippen LogP contribution in [0.25, 0.3) is 10.6 Å². The second-order valence-electron chi connectivity index (χ2n) is 7.03. The number of carbonyl (C=O) groups excluding carboxylic acids is 1. The van der Waals surface area contributed by atoms with Crippen LogP contribution >= 0.6 is 11.3 Å². The molecular formula is C19H26N4OS. The van der Waals surface area contributed by atoms with E-state index in [-0.39, 0.29) is 11.9 Å². The number of carbonyl (C=O) groups is 1. The van der Waals surface area contributed by atoms with Crippen molar-refractivity contribution in [2.75, 3.05) is 19.6 Å². The Labute approximate surface area is 153 Å². The molecule has 0 aliphatic carbocycles.